The summed E-state index contributed by atoms with van der Waals surface area (Å²) < 4.78 is 1.86. The van der Waals surface area contributed by atoms with Crippen molar-refractivity contribution in [3.63, 3.8) is 0 Å². The molecule has 96 valence electrons. The fourth-order valence-electron chi connectivity index (χ4n) is 2.05. The van der Waals surface area contributed by atoms with Crippen molar-refractivity contribution in [3.05, 3.63) is 52.1 Å². The van der Waals surface area contributed by atoms with Crippen molar-refractivity contribution in [2.24, 2.45) is 0 Å². The van der Waals surface area contributed by atoms with E-state index in [1.54, 1.807) is 12.1 Å². The van der Waals surface area contributed by atoms with E-state index in [-0.39, 0.29) is 0 Å². The van der Waals surface area contributed by atoms with Gasteiger partial charge in [-0.05, 0) is 36.8 Å². The van der Waals surface area contributed by atoms with Crippen LogP contribution in [0.15, 0.2) is 36.5 Å². The maximum atomic E-state index is 6.21. The van der Waals surface area contributed by atoms with Gasteiger partial charge in [0.1, 0.15) is 17.2 Å². The standard InChI is InChI=1S/C14H11Cl2N3/c1-8-2-5-12-18-13(14(17)19(12)7-8)10-4-3-9(15)6-11(10)16/h2-7H,17H2,1H3. The normalized spacial score (nSPS) is 11.1. The van der Waals surface area contributed by atoms with Crippen LogP contribution in [0.4, 0.5) is 5.82 Å². The minimum atomic E-state index is 0.541. The highest BCUT2D eigenvalue weighted by molar-refractivity contribution is 6.36. The molecule has 0 spiro atoms. The first kappa shape index (κ1) is 12.3. The van der Waals surface area contributed by atoms with E-state index < -0.39 is 0 Å². The molecule has 0 atom stereocenters. The second-order valence-corrected chi connectivity index (χ2v) is 5.25. The Morgan fingerprint density at radius 1 is 1.16 bits per heavy atom. The van der Waals surface area contributed by atoms with Gasteiger partial charge in [0.15, 0.2) is 0 Å². The zero-order valence-corrected chi connectivity index (χ0v) is 11.7. The molecule has 0 unspecified atom stereocenters. The molecule has 2 heterocycles. The number of imidazole rings is 1. The average Bonchev–Trinajstić information content (AvgIpc) is 2.67. The van der Waals surface area contributed by atoms with Gasteiger partial charge in [0.25, 0.3) is 0 Å². The Morgan fingerprint density at radius 3 is 2.68 bits per heavy atom. The molecule has 0 radical (unpaired) electrons. The number of hydrogen-bond acceptors (Lipinski definition) is 2. The van der Waals surface area contributed by atoms with Gasteiger partial charge in [0, 0.05) is 16.8 Å². The molecule has 0 amide bonds. The summed E-state index contributed by atoms with van der Waals surface area (Å²) in [6.45, 7) is 2.01. The van der Waals surface area contributed by atoms with Crippen molar-refractivity contribution < 1.29 is 0 Å². The smallest absolute Gasteiger partial charge is 0.139 e. The fraction of sp³-hybridized carbons (Fsp3) is 0.0714. The maximum absolute atomic E-state index is 6.21. The first-order valence-electron chi connectivity index (χ1n) is 5.76. The van der Waals surface area contributed by atoms with Crippen LogP contribution in [0, 0.1) is 6.92 Å². The van der Waals surface area contributed by atoms with Gasteiger partial charge in [0.05, 0.1) is 5.02 Å². The summed E-state index contributed by atoms with van der Waals surface area (Å²) >= 11 is 12.1. The zero-order valence-electron chi connectivity index (χ0n) is 10.2. The third-order valence-corrected chi connectivity index (χ3v) is 3.54. The largest absolute Gasteiger partial charge is 0.383 e. The number of nitrogens with zero attached hydrogens (tertiary/aromatic N) is 2. The molecule has 0 saturated heterocycles. The van der Waals surface area contributed by atoms with Crippen LogP contribution in [0.5, 0.6) is 0 Å². The molecule has 0 bridgehead atoms. The summed E-state index contributed by atoms with van der Waals surface area (Å²) in [6, 6.07) is 9.22. The van der Waals surface area contributed by atoms with E-state index in [0.29, 0.717) is 21.6 Å². The Labute approximate surface area is 120 Å². The van der Waals surface area contributed by atoms with Crippen LogP contribution in [0.2, 0.25) is 10.0 Å². The predicted octanol–water partition coefficient (Wildman–Crippen LogP) is 4.20. The Morgan fingerprint density at radius 2 is 1.95 bits per heavy atom. The van der Waals surface area contributed by atoms with Gasteiger partial charge in [-0.1, -0.05) is 29.3 Å². The quantitative estimate of drug-likeness (QED) is 0.730. The molecule has 0 aliphatic heterocycles. The van der Waals surface area contributed by atoms with Crippen molar-refractivity contribution in [3.8, 4) is 11.3 Å². The van der Waals surface area contributed by atoms with Crippen molar-refractivity contribution in [2.45, 2.75) is 6.92 Å². The lowest BCUT2D eigenvalue weighted by Crippen LogP contribution is -1.94. The number of aromatic nitrogens is 2. The van der Waals surface area contributed by atoms with E-state index in [4.69, 9.17) is 28.9 Å². The first-order valence-corrected chi connectivity index (χ1v) is 6.51. The zero-order chi connectivity index (χ0) is 13.6. The summed E-state index contributed by atoms with van der Waals surface area (Å²) in [6.07, 6.45) is 1.95. The summed E-state index contributed by atoms with van der Waals surface area (Å²) in [7, 11) is 0. The molecule has 3 rings (SSSR count). The predicted molar refractivity (Wildman–Crippen MR) is 79.8 cm³/mol. The third kappa shape index (κ3) is 2.05. The van der Waals surface area contributed by atoms with Crippen LogP contribution in [-0.2, 0) is 0 Å². The van der Waals surface area contributed by atoms with Crippen molar-refractivity contribution in [1.29, 1.82) is 0 Å². The van der Waals surface area contributed by atoms with Crippen LogP contribution in [0.25, 0.3) is 16.9 Å². The van der Waals surface area contributed by atoms with E-state index >= 15 is 0 Å². The SMILES string of the molecule is Cc1ccc2nc(-c3ccc(Cl)cc3Cl)c(N)n2c1. The number of pyridine rings is 1. The Kier molecular flexibility index (Phi) is 2.88. The minimum Gasteiger partial charge on any atom is -0.383 e. The Hall–Kier alpha value is -1.71. The molecule has 0 fully saturated rings. The topological polar surface area (TPSA) is 43.3 Å². The number of nitrogen functional groups attached to an aromatic ring is 1. The highest BCUT2D eigenvalue weighted by Gasteiger charge is 2.14. The lowest BCUT2D eigenvalue weighted by molar-refractivity contribution is 1.16. The van der Waals surface area contributed by atoms with Gasteiger partial charge in [-0.15, -0.1) is 0 Å². The van der Waals surface area contributed by atoms with Crippen LogP contribution >= 0.6 is 23.2 Å². The molecule has 2 N–H and O–H groups in total. The van der Waals surface area contributed by atoms with Crippen LogP contribution in [-0.4, -0.2) is 9.38 Å². The number of anilines is 1. The molecule has 5 heteroatoms. The molecular formula is C14H11Cl2N3. The number of halogens is 2. The van der Waals surface area contributed by atoms with E-state index in [9.17, 15) is 0 Å². The second-order valence-electron chi connectivity index (χ2n) is 4.40. The van der Waals surface area contributed by atoms with Crippen LogP contribution in [0.1, 0.15) is 5.56 Å². The first-order chi connectivity index (χ1) is 9.06. The van der Waals surface area contributed by atoms with Gasteiger partial charge >= 0.3 is 0 Å². The van der Waals surface area contributed by atoms with Gasteiger partial charge in [0.2, 0.25) is 0 Å². The number of benzene rings is 1. The average molecular weight is 292 g/mol. The molecule has 2 aromatic heterocycles. The van der Waals surface area contributed by atoms with Gasteiger partial charge in [-0.3, -0.25) is 4.40 Å². The molecule has 0 aliphatic carbocycles. The number of rotatable bonds is 1. The Balaban J connectivity index is 2.28. The number of hydrogen-bond donors (Lipinski definition) is 1. The van der Waals surface area contributed by atoms with Crippen LogP contribution < -0.4 is 5.73 Å². The number of nitrogens with two attached hydrogens (primary N) is 1. The van der Waals surface area contributed by atoms with Crippen LogP contribution in [0.3, 0.4) is 0 Å². The number of aryl methyl sites for hydroxylation is 1. The highest BCUT2D eigenvalue weighted by Crippen LogP contribution is 2.33. The summed E-state index contributed by atoms with van der Waals surface area (Å²) in [4.78, 5) is 4.52. The maximum Gasteiger partial charge on any atom is 0.139 e. The molecular weight excluding hydrogens is 281 g/mol. The molecule has 0 saturated carbocycles. The number of fused-ring (bicyclic) bond motifs is 1. The molecule has 0 aliphatic rings. The third-order valence-electron chi connectivity index (χ3n) is 2.99. The minimum absolute atomic E-state index is 0.541. The van der Waals surface area contributed by atoms with Gasteiger partial charge in [-0.25, -0.2) is 4.98 Å². The van der Waals surface area contributed by atoms with E-state index in [1.165, 1.54) is 0 Å². The summed E-state index contributed by atoms with van der Waals surface area (Å²) in [5.41, 5.74) is 9.52. The Bertz CT molecular complexity index is 778. The van der Waals surface area contributed by atoms with Crippen molar-refractivity contribution in [1.82, 2.24) is 9.38 Å². The lowest BCUT2D eigenvalue weighted by Gasteiger charge is -2.03. The molecule has 19 heavy (non-hydrogen) atoms. The fourth-order valence-corrected chi connectivity index (χ4v) is 2.55. The van der Waals surface area contributed by atoms with E-state index in [2.05, 4.69) is 4.98 Å². The van der Waals surface area contributed by atoms with Gasteiger partial charge in [-0.2, -0.15) is 0 Å². The van der Waals surface area contributed by atoms with Crippen molar-refractivity contribution >= 4 is 34.7 Å². The van der Waals surface area contributed by atoms with E-state index in [0.717, 1.165) is 16.8 Å². The molecule has 3 nitrogen and oxygen atoms in total. The highest BCUT2D eigenvalue weighted by atomic mass is 35.5. The van der Waals surface area contributed by atoms with Crippen molar-refractivity contribution in [2.75, 3.05) is 5.73 Å². The summed E-state index contributed by atoms with van der Waals surface area (Å²) in [5.74, 6) is 0.572. The monoisotopic (exact) mass is 291 g/mol. The second kappa shape index (κ2) is 4.44. The summed E-state index contributed by atoms with van der Waals surface area (Å²) in [5, 5.41) is 1.13. The lowest BCUT2D eigenvalue weighted by atomic mass is 10.1. The van der Waals surface area contributed by atoms with Gasteiger partial charge < -0.3 is 5.73 Å². The van der Waals surface area contributed by atoms with E-state index in [1.807, 2.05) is 35.7 Å². The molecule has 3 aromatic rings. The molecule has 1 aromatic carbocycles.